The van der Waals surface area contributed by atoms with Crippen LogP contribution in [-0.4, -0.2) is 42.9 Å². The van der Waals surface area contributed by atoms with E-state index in [9.17, 15) is 9.90 Å². The Kier molecular flexibility index (Phi) is 7.82. The van der Waals surface area contributed by atoms with Crippen molar-refractivity contribution in [2.24, 2.45) is 0 Å². The van der Waals surface area contributed by atoms with Crippen LogP contribution in [-0.2, 0) is 4.79 Å². The first-order chi connectivity index (χ1) is 9.93. The summed E-state index contributed by atoms with van der Waals surface area (Å²) < 4.78 is 5.41. The zero-order valence-electron chi connectivity index (χ0n) is 12.0. The van der Waals surface area contributed by atoms with Gasteiger partial charge in [0.15, 0.2) is 0 Å². The van der Waals surface area contributed by atoms with Crippen molar-refractivity contribution in [3.63, 3.8) is 0 Å². The highest BCUT2D eigenvalue weighted by atomic mass is 35.5. The van der Waals surface area contributed by atoms with Gasteiger partial charge in [-0.3, -0.25) is 4.79 Å². The Morgan fingerprint density at radius 2 is 2.10 bits per heavy atom. The number of rotatable bonds is 8. The summed E-state index contributed by atoms with van der Waals surface area (Å²) >= 11 is 11.7. The Balaban J connectivity index is 2.32. The van der Waals surface area contributed by atoms with E-state index in [2.05, 4.69) is 10.6 Å². The number of hydrogen-bond acceptors (Lipinski definition) is 4. The number of likely N-dealkylation sites (N-methyl/N-ethyl adjacent to an activating group) is 1. The first kappa shape index (κ1) is 18.0. The molecule has 1 aromatic rings. The highest BCUT2D eigenvalue weighted by molar-refractivity contribution is 6.42. The van der Waals surface area contributed by atoms with Crippen LogP contribution in [0.3, 0.4) is 0 Å². The number of halogens is 2. The van der Waals surface area contributed by atoms with E-state index in [0.29, 0.717) is 22.3 Å². The molecule has 5 nitrogen and oxygen atoms in total. The molecule has 1 rings (SSSR count). The summed E-state index contributed by atoms with van der Waals surface area (Å²) in [4.78, 5) is 11.5. The highest BCUT2D eigenvalue weighted by Gasteiger charge is 2.13. The predicted molar refractivity (Wildman–Crippen MR) is 84.1 cm³/mol. The Morgan fingerprint density at radius 3 is 2.71 bits per heavy atom. The van der Waals surface area contributed by atoms with Crippen molar-refractivity contribution in [1.29, 1.82) is 0 Å². The SMILES string of the molecule is CCNC(=O)C(C)NCC(O)COc1ccc(Cl)c(Cl)c1. The van der Waals surface area contributed by atoms with Gasteiger partial charge in [-0.1, -0.05) is 23.2 Å². The van der Waals surface area contributed by atoms with Gasteiger partial charge in [-0.25, -0.2) is 0 Å². The summed E-state index contributed by atoms with van der Waals surface area (Å²) in [6.07, 6.45) is -0.740. The van der Waals surface area contributed by atoms with Gasteiger partial charge in [0.1, 0.15) is 18.5 Å². The van der Waals surface area contributed by atoms with E-state index in [0.717, 1.165) is 0 Å². The maximum atomic E-state index is 11.5. The van der Waals surface area contributed by atoms with Crippen molar-refractivity contribution < 1.29 is 14.6 Å². The highest BCUT2D eigenvalue weighted by Crippen LogP contribution is 2.26. The number of aliphatic hydroxyl groups is 1. The molecular weight excluding hydrogens is 315 g/mol. The molecular formula is C14H20Cl2N2O3. The third kappa shape index (κ3) is 6.52. The van der Waals surface area contributed by atoms with Crippen LogP contribution in [0.1, 0.15) is 13.8 Å². The number of hydrogen-bond donors (Lipinski definition) is 3. The van der Waals surface area contributed by atoms with Crippen LogP contribution in [0.4, 0.5) is 0 Å². The van der Waals surface area contributed by atoms with E-state index < -0.39 is 6.10 Å². The molecule has 0 saturated heterocycles. The van der Waals surface area contributed by atoms with E-state index in [1.807, 2.05) is 6.92 Å². The number of aliphatic hydroxyl groups excluding tert-OH is 1. The third-order valence-electron chi connectivity index (χ3n) is 2.74. The molecule has 0 aliphatic carbocycles. The fourth-order valence-corrected chi connectivity index (χ4v) is 1.84. The van der Waals surface area contributed by atoms with Gasteiger partial charge in [0.25, 0.3) is 0 Å². The molecule has 0 bridgehead atoms. The molecule has 0 heterocycles. The van der Waals surface area contributed by atoms with Crippen LogP contribution in [0.25, 0.3) is 0 Å². The molecule has 2 unspecified atom stereocenters. The summed E-state index contributed by atoms with van der Waals surface area (Å²) in [5, 5.41) is 16.3. The Labute approximate surface area is 134 Å². The lowest BCUT2D eigenvalue weighted by molar-refractivity contribution is -0.122. The average Bonchev–Trinajstić information content (AvgIpc) is 2.46. The molecule has 1 amide bonds. The summed E-state index contributed by atoms with van der Waals surface area (Å²) in [6.45, 7) is 4.50. The fourth-order valence-electron chi connectivity index (χ4n) is 1.55. The zero-order valence-corrected chi connectivity index (χ0v) is 13.5. The minimum absolute atomic E-state index is 0.0904. The summed E-state index contributed by atoms with van der Waals surface area (Å²) in [7, 11) is 0. The molecule has 0 aliphatic heterocycles. The quantitative estimate of drug-likeness (QED) is 0.678. The van der Waals surface area contributed by atoms with E-state index in [-0.39, 0.29) is 25.1 Å². The van der Waals surface area contributed by atoms with Crippen molar-refractivity contribution in [2.45, 2.75) is 26.0 Å². The minimum Gasteiger partial charge on any atom is -0.491 e. The third-order valence-corrected chi connectivity index (χ3v) is 3.48. The van der Waals surface area contributed by atoms with Crippen LogP contribution in [0.5, 0.6) is 5.75 Å². The van der Waals surface area contributed by atoms with Gasteiger partial charge in [0, 0.05) is 19.2 Å². The van der Waals surface area contributed by atoms with Crippen LogP contribution in [0.15, 0.2) is 18.2 Å². The number of amides is 1. The van der Waals surface area contributed by atoms with Gasteiger partial charge < -0.3 is 20.5 Å². The number of ether oxygens (including phenoxy) is 1. The number of benzene rings is 1. The van der Waals surface area contributed by atoms with Gasteiger partial charge in [-0.2, -0.15) is 0 Å². The maximum absolute atomic E-state index is 11.5. The van der Waals surface area contributed by atoms with Crippen LogP contribution in [0.2, 0.25) is 10.0 Å². The lowest BCUT2D eigenvalue weighted by atomic mass is 10.3. The van der Waals surface area contributed by atoms with Gasteiger partial charge in [-0.05, 0) is 26.0 Å². The topological polar surface area (TPSA) is 70.6 Å². The minimum atomic E-state index is -0.740. The van der Waals surface area contributed by atoms with Crippen LogP contribution >= 0.6 is 23.2 Å². The predicted octanol–water partition coefficient (Wildman–Crippen LogP) is 1.85. The maximum Gasteiger partial charge on any atom is 0.236 e. The van der Waals surface area contributed by atoms with Crippen molar-refractivity contribution in [3.05, 3.63) is 28.2 Å². The largest absolute Gasteiger partial charge is 0.491 e. The Bertz CT molecular complexity index is 472. The van der Waals surface area contributed by atoms with Gasteiger partial charge in [0.2, 0.25) is 5.91 Å². The Morgan fingerprint density at radius 1 is 1.38 bits per heavy atom. The number of carbonyl (C=O) groups is 1. The van der Waals surface area contributed by atoms with Gasteiger partial charge in [-0.15, -0.1) is 0 Å². The monoisotopic (exact) mass is 334 g/mol. The Hall–Kier alpha value is -1.01. The molecule has 0 aromatic heterocycles. The van der Waals surface area contributed by atoms with E-state index in [4.69, 9.17) is 27.9 Å². The molecule has 2 atom stereocenters. The van der Waals surface area contributed by atoms with E-state index in [1.165, 1.54) is 0 Å². The van der Waals surface area contributed by atoms with Crippen molar-refractivity contribution >= 4 is 29.1 Å². The lowest BCUT2D eigenvalue weighted by Gasteiger charge is -2.17. The molecule has 118 valence electrons. The molecule has 0 spiro atoms. The molecule has 1 aromatic carbocycles. The molecule has 0 saturated carbocycles. The molecule has 0 fully saturated rings. The summed E-state index contributed by atoms with van der Waals surface area (Å²) in [5.41, 5.74) is 0. The smallest absolute Gasteiger partial charge is 0.236 e. The second-order valence-electron chi connectivity index (χ2n) is 4.57. The van der Waals surface area contributed by atoms with Crippen molar-refractivity contribution in [1.82, 2.24) is 10.6 Å². The molecule has 0 radical (unpaired) electrons. The van der Waals surface area contributed by atoms with Crippen molar-refractivity contribution in [3.8, 4) is 5.75 Å². The summed E-state index contributed by atoms with van der Waals surface area (Å²) in [6, 6.07) is 4.51. The van der Waals surface area contributed by atoms with Gasteiger partial charge >= 0.3 is 0 Å². The number of carbonyl (C=O) groups excluding carboxylic acids is 1. The molecule has 0 aliphatic rings. The normalized spacial score (nSPS) is 13.6. The standard InChI is InChI=1S/C14H20Cl2N2O3/c1-3-17-14(20)9(2)18-7-10(19)8-21-11-4-5-12(15)13(16)6-11/h4-6,9-10,18-19H,3,7-8H2,1-2H3,(H,17,20). The van der Waals surface area contributed by atoms with E-state index >= 15 is 0 Å². The molecule has 3 N–H and O–H groups in total. The lowest BCUT2D eigenvalue weighted by Crippen LogP contribution is -2.45. The number of nitrogens with one attached hydrogen (secondary N) is 2. The molecule has 21 heavy (non-hydrogen) atoms. The second kappa shape index (κ2) is 9.10. The summed E-state index contributed by atoms with van der Waals surface area (Å²) in [5.74, 6) is 0.426. The zero-order chi connectivity index (χ0) is 15.8. The second-order valence-corrected chi connectivity index (χ2v) is 5.38. The first-order valence-electron chi connectivity index (χ1n) is 6.71. The van der Waals surface area contributed by atoms with Crippen molar-refractivity contribution in [2.75, 3.05) is 19.7 Å². The van der Waals surface area contributed by atoms with Gasteiger partial charge in [0.05, 0.1) is 16.1 Å². The van der Waals surface area contributed by atoms with Crippen LogP contribution in [0, 0.1) is 0 Å². The van der Waals surface area contributed by atoms with E-state index in [1.54, 1.807) is 25.1 Å². The molecule has 7 heteroatoms. The average molecular weight is 335 g/mol. The fraction of sp³-hybridized carbons (Fsp3) is 0.500. The first-order valence-corrected chi connectivity index (χ1v) is 7.46. The van der Waals surface area contributed by atoms with Crippen LogP contribution < -0.4 is 15.4 Å².